The number of hydrogen-bond acceptors (Lipinski definition) is 2. The monoisotopic (exact) mass is 283 g/mol. The van der Waals surface area contributed by atoms with Gasteiger partial charge in [-0.3, -0.25) is 4.79 Å². The maximum absolute atomic E-state index is 11.6. The zero-order valence-corrected chi connectivity index (χ0v) is 11.8. The Balaban J connectivity index is 2.29. The van der Waals surface area contributed by atoms with Gasteiger partial charge in [0.15, 0.2) is 0 Å². The molecule has 1 rings (SSSR count). The van der Waals surface area contributed by atoms with Gasteiger partial charge in [0.05, 0.1) is 10.7 Å². The van der Waals surface area contributed by atoms with Gasteiger partial charge in [-0.15, -0.1) is 0 Å². The van der Waals surface area contributed by atoms with Gasteiger partial charge < -0.3 is 16.0 Å². The van der Waals surface area contributed by atoms with Crippen LogP contribution in [0.3, 0.4) is 0 Å². The molecular formula is C13H18ClN3O2. The van der Waals surface area contributed by atoms with Crippen LogP contribution in [-0.4, -0.2) is 25.0 Å². The molecule has 3 amide bonds. The van der Waals surface area contributed by atoms with Gasteiger partial charge in [0.25, 0.3) is 0 Å². The summed E-state index contributed by atoms with van der Waals surface area (Å²) in [7, 11) is 0. The first kappa shape index (κ1) is 15.3. The lowest BCUT2D eigenvalue weighted by atomic mass is 10.2. The normalized spacial score (nSPS) is 9.84. The number of hydrogen-bond donors (Lipinski definition) is 3. The highest BCUT2D eigenvalue weighted by molar-refractivity contribution is 6.33. The average Bonchev–Trinajstić information content (AvgIpc) is 2.32. The van der Waals surface area contributed by atoms with E-state index in [0.29, 0.717) is 30.2 Å². The molecule has 0 spiro atoms. The summed E-state index contributed by atoms with van der Waals surface area (Å²) < 4.78 is 0. The van der Waals surface area contributed by atoms with E-state index in [1.165, 1.54) is 6.92 Å². The van der Waals surface area contributed by atoms with Gasteiger partial charge in [-0.25, -0.2) is 4.79 Å². The molecule has 5 nitrogen and oxygen atoms in total. The van der Waals surface area contributed by atoms with Crippen LogP contribution in [0, 0.1) is 6.92 Å². The Bertz CT molecular complexity index is 463. The summed E-state index contributed by atoms with van der Waals surface area (Å²) in [6, 6.07) is 5.11. The SMILES string of the molecule is CC(=O)NCCCNC(=O)Nc1ccc(C)cc1Cl. The third-order valence-electron chi connectivity index (χ3n) is 2.39. The fourth-order valence-electron chi connectivity index (χ4n) is 1.44. The van der Waals surface area contributed by atoms with Gasteiger partial charge in [0.1, 0.15) is 0 Å². The van der Waals surface area contributed by atoms with Crippen molar-refractivity contribution >= 4 is 29.2 Å². The Hall–Kier alpha value is -1.75. The maximum Gasteiger partial charge on any atom is 0.319 e. The molecule has 0 saturated heterocycles. The molecule has 0 aliphatic rings. The van der Waals surface area contributed by atoms with E-state index in [-0.39, 0.29) is 11.9 Å². The Kier molecular flexibility index (Phi) is 6.15. The Morgan fingerprint density at radius 3 is 2.53 bits per heavy atom. The zero-order chi connectivity index (χ0) is 14.3. The Morgan fingerprint density at radius 1 is 1.21 bits per heavy atom. The summed E-state index contributed by atoms with van der Waals surface area (Å²) >= 11 is 6.00. The van der Waals surface area contributed by atoms with Gasteiger partial charge in [0.2, 0.25) is 5.91 Å². The van der Waals surface area contributed by atoms with E-state index in [0.717, 1.165) is 5.56 Å². The first-order valence-electron chi connectivity index (χ1n) is 6.04. The van der Waals surface area contributed by atoms with Crippen molar-refractivity contribution in [2.24, 2.45) is 0 Å². The summed E-state index contributed by atoms with van der Waals surface area (Å²) in [6.45, 7) is 4.41. The van der Waals surface area contributed by atoms with Crippen LogP contribution in [0.4, 0.5) is 10.5 Å². The van der Waals surface area contributed by atoms with E-state index < -0.39 is 0 Å². The highest BCUT2D eigenvalue weighted by Crippen LogP contribution is 2.22. The van der Waals surface area contributed by atoms with Crippen molar-refractivity contribution in [2.45, 2.75) is 20.3 Å². The summed E-state index contributed by atoms with van der Waals surface area (Å²) in [5, 5.41) is 8.51. The summed E-state index contributed by atoms with van der Waals surface area (Å²) in [6.07, 6.45) is 0.675. The molecule has 19 heavy (non-hydrogen) atoms. The number of anilines is 1. The topological polar surface area (TPSA) is 70.2 Å². The minimum atomic E-state index is -0.312. The van der Waals surface area contributed by atoms with Crippen molar-refractivity contribution in [3.63, 3.8) is 0 Å². The maximum atomic E-state index is 11.6. The lowest BCUT2D eigenvalue weighted by molar-refractivity contribution is -0.118. The number of aryl methyl sites for hydroxylation is 1. The van der Waals surface area contributed by atoms with Crippen molar-refractivity contribution in [1.82, 2.24) is 10.6 Å². The van der Waals surface area contributed by atoms with Crippen LogP contribution >= 0.6 is 11.6 Å². The fourth-order valence-corrected chi connectivity index (χ4v) is 1.73. The molecule has 0 atom stereocenters. The highest BCUT2D eigenvalue weighted by atomic mass is 35.5. The van der Waals surface area contributed by atoms with Crippen LogP contribution in [0.25, 0.3) is 0 Å². The van der Waals surface area contributed by atoms with Crippen molar-refractivity contribution in [1.29, 1.82) is 0 Å². The Labute approximate surface area is 117 Å². The van der Waals surface area contributed by atoms with Gasteiger partial charge in [-0.1, -0.05) is 17.7 Å². The van der Waals surface area contributed by atoms with Crippen LogP contribution in [0.5, 0.6) is 0 Å². The number of halogens is 1. The molecule has 0 heterocycles. The third-order valence-corrected chi connectivity index (χ3v) is 2.70. The van der Waals surface area contributed by atoms with Crippen molar-refractivity contribution < 1.29 is 9.59 Å². The minimum absolute atomic E-state index is 0.0733. The molecular weight excluding hydrogens is 266 g/mol. The minimum Gasteiger partial charge on any atom is -0.356 e. The number of urea groups is 1. The second kappa shape index (κ2) is 7.63. The quantitative estimate of drug-likeness (QED) is 0.726. The van der Waals surface area contributed by atoms with E-state index >= 15 is 0 Å². The van der Waals surface area contributed by atoms with Gasteiger partial charge in [-0.05, 0) is 31.0 Å². The fraction of sp³-hybridized carbons (Fsp3) is 0.385. The first-order chi connectivity index (χ1) is 8.99. The lowest BCUT2D eigenvalue weighted by Gasteiger charge is -2.09. The molecule has 0 radical (unpaired) electrons. The second-order valence-electron chi connectivity index (χ2n) is 4.20. The lowest BCUT2D eigenvalue weighted by Crippen LogP contribution is -2.32. The molecule has 3 N–H and O–H groups in total. The van der Waals surface area contributed by atoms with Crippen molar-refractivity contribution in [3.8, 4) is 0 Å². The largest absolute Gasteiger partial charge is 0.356 e. The molecule has 0 saturated carbocycles. The van der Waals surface area contributed by atoms with E-state index in [2.05, 4.69) is 16.0 Å². The molecule has 0 bridgehead atoms. The second-order valence-corrected chi connectivity index (χ2v) is 4.61. The van der Waals surface area contributed by atoms with E-state index in [4.69, 9.17) is 11.6 Å². The molecule has 0 aliphatic heterocycles. The molecule has 0 aromatic heterocycles. The zero-order valence-electron chi connectivity index (χ0n) is 11.0. The number of rotatable bonds is 5. The van der Waals surface area contributed by atoms with Gasteiger partial charge in [0, 0.05) is 20.0 Å². The predicted molar refractivity (Wildman–Crippen MR) is 76.5 cm³/mol. The number of carbonyl (C=O) groups excluding carboxylic acids is 2. The average molecular weight is 284 g/mol. The van der Waals surface area contributed by atoms with Gasteiger partial charge in [-0.2, -0.15) is 0 Å². The van der Waals surface area contributed by atoms with Crippen LogP contribution in [0.1, 0.15) is 18.9 Å². The molecule has 0 aliphatic carbocycles. The van der Waals surface area contributed by atoms with Crippen LogP contribution < -0.4 is 16.0 Å². The number of benzene rings is 1. The summed E-state index contributed by atoms with van der Waals surface area (Å²) in [4.78, 5) is 22.2. The highest BCUT2D eigenvalue weighted by Gasteiger charge is 2.04. The van der Waals surface area contributed by atoms with Crippen molar-refractivity contribution in [2.75, 3.05) is 18.4 Å². The number of carbonyl (C=O) groups is 2. The van der Waals surface area contributed by atoms with Crippen molar-refractivity contribution in [3.05, 3.63) is 28.8 Å². The smallest absolute Gasteiger partial charge is 0.319 e. The summed E-state index contributed by atoms with van der Waals surface area (Å²) in [5.41, 5.74) is 1.61. The molecule has 0 fully saturated rings. The number of amides is 3. The predicted octanol–water partition coefficient (Wildman–Crippen LogP) is 2.30. The first-order valence-corrected chi connectivity index (χ1v) is 6.42. The Morgan fingerprint density at radius 2 is 1.89 bits per heavy atom. The molecule has 1 aromatic carbocycles. The van der Waals surface area contributed by atoms with Gasteiger partial charge >= 0.3 is 6.03 Å². The molecule has 0 unspecified atom stereocenters. The van der Waals surface area contributed by atoms with E-state index in [9.17, 15) is 9.59 Å². The van der Waals surface area contributed by atoms with Crippen LogP contribution in [-0.2, 0) is 4.79 Å². The van der Waals surface area contributed by atoms with Crippen LogP contribution in [0.2, 0.25) is 5.02 Å². The number of nitrogens with one attached hydrogen (secondary N) is 3. The standard InChI is InChI=1S/C13H18ClN3O2/c1-9-4-5-12(11(14)8-9)17-13(19)16-7-3-6-15-10(2)18/h4-5,8H,3,6-7H2,1-2H3,(H,15,18)(H2,16,17,19). The molecule has 6 heteroatoms. The van der Waals surface area contributed by atoms with E-state index in [1.54, 1.807) is 12.1 Å². The third kappa shape index (κ3) is 6.10. The summed E-state index contributed by atoms with van der Waals surface area (Å²) in [5.74, 6) is -0.0733. The van der Waals surface area contributed by atoms with Crippen LogP contribution in [0.15, 0.2) is 18.2 Å². The molecule has 104 valence electrons. The van der Waals surface area contributed by atoms with E-state index in [1.807, 2.05) is 13.0 Å². The molecule has 1 aromatic rings.